The third-order valence-corrected chi connectivity index (χ3v) is 2.91. The molecule has 1 heterocycles. The van der Waals surface area contributed by atoms with E-state index >= 15 is 0 Å². The molecule has 108 valence electrons. The maximum atomic E-state index is 13.6. The van der Waals surface area contributed by atoms with Crippen LogP contribution in [0.5, 0.6) is 0 Å². The molecule has 21 heavy (non-hydrogen) atoms. The lowest BCUT2D eigenvalue weighted by atomic mass is 10.0. The fourth-order valence-corrected chi connectivity index (χ4v) is 1.82. The molecule has 1 atom stereocenters. The standard InChI is InChI=1S/C15H13FN2O3/c16-12-6-2-1-4-10(12)8-13(15(20)21)18-14(19)11-5-3-7-17-9-11/h1-7,9,13H,8H2,(H,18,19)(H,20,21)/t13-/m1/s1. The summed E-state index contributed by atoms with van der Waals surface area (Å²) in [5.41, 5.74) is 0.480. The number of amides is 1. The summed E-state index contributed by atoms with van der Waals surface area (Å²) >= 11 is 0. The van der Waals surface area contributed by atoms with Crippen LogP contribution in [0.15, 0.2) is 48.8 Å². The van der Waals surface area contributed by atoms with Gasteiger partial charge < -0.3 is 10.4 Å². The number of carbonyl (C=O) groups excluding carboxylic acids is 1. The Hall–Kier alpha value is -2.76. The Labute approximate surface area is 120 Å². The summed E-state index contributed by atoms with van der Waals surface area (Å²) in [6, 6.07) is 7.74. The van der Waals surface area contributed by atoms with E-state index in [1.165, 1.54) is 36.7 Å². The molecule has 0 saturated heterocycles. The number of pyridine rings is 1. The molecular weight excluding hydrogens is 275 g/mol. The van der Waals surface area contributed by atoms with Gasteiger partial charge in [-0.25, -0.2) is 9.18 Å². The maximum absolute atomic E-state index is 13.6. The lowest BCUT2D eigenvalue weighted by molar-refractivity contribution is -0.139. The fourth-order valence-electron chi connectivity index (χ4n) is 1.82. The number of benzene rings is 1. The zero-order valence-corrected chi connectivity index (χ0v) is 11.0. The van der Waals surface area contributed by atoms with Crippen molar-refractivity contribution in [3.05, 3.63) is 65.7 Å². The number of aliphatic carboxylic acids is 1. The number of carboxylic acid groups (broad SMARTS) is 1. The average molecular weight is 288 g/mol. The molecule has 0 aliphatic carbocycles. The molecule has 0 saturated carbocycles. The monoisotopic (exact) mass is 288 g/mol. The van der Waals surface area contributed by atoms with Gasteiger partial charge in [-0.15, -0.1) is 0 Å². The molecule has 0 fully saturated rings. The van der Waals surface area contributed by atoms with E-state index in [-0.39, 0.29) is 17.5 Å². The summed E-state index contributed by atoms with van der Waals surface area (Å²) in [6.07, 6.45) is 2.70. The van der Waals surface area contributed by atoms with Gasteiger partial charge in [0.15, 0.2) is 0 Å². The van der Waals surface area contributed by atoms with Crippen molar-refractivity contribution >= 4 is 11.9 Å². The van der Waals surface area contributed by atoms with Crippen LogP contribution in [0.3, 0.4) is 0 Å². The van der Waals surface area contributed by atoms with Crippen molar-refractivity contribution < 1.29 is 19.1 Å². The summed E-state index contributed by atoms with van der Waals surface area (Å²) in [5.74, 6) is -2.29. The average Bonchev–Trinajstić information content (AvgIpc) is 2.49. The first-order chi connectivity index (χ1) is 10.1. The van der Waals surface area contributed by atoms with E-state index in [0.29, 0.717) is 0 Å². The van der Waals surface area contributed by atoms with Crippen molar-refractivity contribution in [2.24, 2.45) is 0 Å². The van der Waals surface area contributed by atoms with Crippen molar-refractivity contribution in [3.8, 4) is 0 Å². The van der Waals surface area contributed by atoms with Gasteiger partial charge in [-0.3, -0.25) is 9.78 Å². The SMILES string of the molecule is O=C(N[C@H](Cc1ccccc1F)C(=O)O)c1cccnc1. The van der Waals surface area contributed by atoms with Crippen molar-refractivity contribution in [1.29, 1.82) is 0 Å². The van der Waals surface area contributed by atoms with Crippen LogP contribution < -0.4 is 5.32 Å². The Balaban J connectivity index is 2.12. The lowest BCUT2D eigenvalue weighted by Gasteiger charge is -2.15. The second-order valence-electron chi connectivity index (χ2n) is 4.40. The quantitative estimate of drug-likeness (QED) is 0.876. The number of carbonyl (C=O) groups is 2. The number of hydrogen-bond donors (Lipinski definition) is 2. The van der Waals surface area contributed by atoms with Gasteiger partial charge in [-0.2, -0.15) is 0 Å². The van der Waals surface area contributed by atoms with Crippen molar-refractivity contribution in [1.82, 2.24) is 10.3 Å². The van der Waals surface area contributed by atoms with Gasteiger partial charge in [0.05, 0.1) is 5.56 Å². The van der Waals surface area contributed by atoms with Crippen LogP contribution in [0.25, 0.3) is 0 Å². The van der Waals surface area contributed by atoms with Gasteiger partial charge in [-0.1, -0.05) is 18.2 Å². The Morgan fingerprint density at radius 2 is 2.00 bits per heavy atom. The molecule has 2 N–H and O–H groups in total. The molecule has 1 amide bonds. The zero-order chi connectivity index (χ0) is 15.2. The Kier molecular flexibility index (Phi) is 4.61. The first kappa shape index (κ1) is 14.6. The van der Waals surface area contributed by atoms with Crippen molar-refractivity contribution in [2.45, 2.75) is 12.5 Å². The van der Waals surface area contributed by atoms with E-state index in [0.717, 1.165) is 0 Å². The van der Waals surface area contributed by atoms with Crippen molar-refractivity contribution in [3.63, 3.8) is 0 Å². The third-order valence-electron chi connectivity index (χ3n) is 2.91. The number of nitrogens with zero attached hydrogens (tertiary/aromatic N) is 1. The van der Waals surface area contributed by atoms with Crippen LogP contribution in [-0.2, 0) is 11.2 Å². The lowest BCUT2D eigenvalue weighted by Crippen LogP contribution is -2.42. The Morgan fingerprint density at radius 3 is 2.62 bits per heavy atom. The highest BCUT2D eigenvalue weighted by Crippen LogP contribution is 2.10. The largest absolute Gasteiger partial charge is 0.480 e. The number of hydrogen-bond acceptors (Lipinski definition) is 3. The summed E-state index contributed by atoms with van der Waals surface area (Å²) in [4.78, 5) is 26.9. The zero-order valence-electron chi connectivity index (χ0n) is 11.0. The van der Waals surface area contributed by atoms with Gasteiger partial charge >= 0.3 is 5.97 Å². The topological polar surface area (TPSA) is 79.3 Å². The molecule has 5 nitrogen and oxygen atoms in total. The van der Waals surface area contributed by atoms with Crippen molar-refractivity contribution in [2.75, 3.05) is 0 Å². The summed E-state index contributed by atoms with van der Waals surface area (Å²) in [7, 11) is 0. The van der Waals surface area contributed by atoms with Crippen LogP contribution >= 0.6 is 0 Å². The smallest absolute Gasteiger partial charge is 0.326 e. The molecule has 0 aliphatic heterocycles. The van der Waals surface area contributed by atoms with Crippen LogP contribution in [-0.4, -0.2) is 28.0 Å². The predicted molar refractivity (Wildman–Crippen MR) is 73.2 cm³/mol. The molecule has 1 aromatic heterocycles. The van der Waals surface area contributed by atoms with E-state index in [4.69, 9.17) is 5.11 Å². The number of aromatic nitrogens is 1. The second-order valence-corrected chi connectivity index (χ2v) is 4.40. The molecule has 2 rings (SSSR count). The molecular formula is C15H13FN2O3. The minimum atomic E-state index is -1.23. The van der Waals surface area contributed by atoms with E-state index < -0.39 is 23.7 Å². The fraction of sp³-hybridized carbons (Fsp3) is 0.133. The number of halogens is 1. The normalized spacial score (nSPS) is 11.7. The highest BCUT2D eigenvalue weighted by molar-refractivity contribution is 5.96. The van der Waals surface area contributed by atoms with E-state index in [1.54, 1.807) is 12.1 Å². The van der Waals surface area contributed by atoms with Crippen LogP contribution in [0.1, 0.15) is 15.9 Å². The first-order valence-electron chi connectivity index (χ1n) is 6.25. The van der Waals surface area contributed by atoms with Crippen LogP contribution in [0.2, 0.25) is 0 Å². The molecule has 2 aromatic rings. The van der Waals surface area contributed by atoms with Gasteiger partial charge in [0.2, 0.25) is 0 Å². The number of rotatable bonds is 5. The predicted octanol–water partition coefficient (Wildman–Crippen LogP) is 1.65. The maximum Gasteiger partial charge on any atom is 0.326 e. The first-order valence-corrected chi connectivity index (χ1v) is 6.25. The van der Waals surface area contributed by atoms with Crippen LogP contribution in [0.4, 0.5) is 4.39 Å². The third kappa shape index (κ3) is 3.85. The highest BCUT2D eigenvalue weighted by atomic mass is 19.1. The number of carboxylic acids is 1. The van der Waals surface area contributed by atoms with Gasteiger partial charge in [0.1, 0.15) is 11.9 Å². The molecule has 0 aliphatic rings. The minimum Gasteiger partial charge on any atom is -0.480 e. The van der Waals surface area contributed by atoms with Gasteiger partial charge in [0.25, 0.3) is 5.91 Å². The summed E-state index contributed by atoms with van der Waals surface area (Å²) in [5, 5.41) is 11.5. The molecule has 0 radical (unpaired) electrons. The highest BCUT2D eigenvalue weighted by Gasteiger charge is 2.22. The molecule has 0 bridgehead atoms. The number of nitrogens with one attached hydrogen (secondary N) is 1. The van der Waals surface area contributed by atoms with E-state index in [9.17, 15) is 14.0 Å². The van der Waals surface area contributed by atoms with Gasteiger partial charge in [0, 0.05) is 18.8 Å². The van der Waals surface area contributed by atoms with Gasteiger partial charge in [-0.05, 0) is 23.8 Å². The molecule has 6 heteroatoms. The summed E-state index contributed by atoms with van der Waals surface area (Å²) < 4.78 is 13.6. The summed E-state index contributed by atoms with van der Waals surface area (Å²) in [6.45, 7) is 0. The molecule has 0 spiro atoms. The minimum absolute atomic E-state index is 0.131. The Morgan fingerprint density at radius 1 is 1.24 bits per heavy atom. The van der Waals surface area contributed by atoms with E-state index in [2.05, 4.69) is 10.3 Å². The van der Waals surface area contributed by atoms with Crippen LogP contribution in [0, 0.1) is 5.82 Å². The Bertz CT molecular complexity index is 646. The van der Waals surface area contributed by atoms with E-state index in [1.807, 2.05) is 0 Å². The molecule has 1 aromatic carbocycles. The second kappa shape index (κ2) is 6.60. The molecule has 0 unspecified atom stereocenters.